The van der Waals surface area contributed by atoms with Crippen molar-refractivity contribution in [3.8, 4) is 28.3 Å². The first-order valence-corrected chi connectivity index (χ1v) is 10.7. The monoisotopic (exact) mass is 448 g/mol. The van der Waals surface area contributed by atoms with Crippen molar-refractivity contribution in [2.24, 2.45) is 0 Å². The number of carbonyl (C=O) groups is 1. The fourth-order valence-corrected chi connectivity index (χ4v) is 3.99. The Labute approximate surface area is 189 Å². The number of fused-ring (bicyclic) bond motifs is 1. The Kier molecular flexibility index (Phi) is 5.51. The number of morpholine rings is 1. The van der Waals surface area contributed by atoms with E-state index in [-0.39, 0.29) is 5.91 Å². The van der Waals surface area contributed by atoms with Gasteiger partial charge in [-0.25, -0.2) is 4.98 Å². The number of pyridine rings is 1. The van der Waals surface area contributed by atoms with Gasteiger partial charge in [-0.3, -0.25) is 9.89 Å². The molecule has 2 aromatic carbocycles. The quantitative estimate of drug-likeness (QED) is 0.499. The van der Waals surface area contributed by atoms with Gasteiger partial charge in [0.15, 0.2) is 5.65 Å². The van der Waals surface area contributed by atoms with E-state index < -0.39 is 0 Å². The van der Waals surface area contributed by atoms with Crippen molar-refractivity contribution in [2.75, 3.05) is 33.4 Å². The fraction of sp³-hybridized carbons (Fsp3) is 0.208. The first kappa shape index (κ1) is 20.5. The smallest absolute Gasteiger partial charge is 0.254 e. The van der Waals surface area contributed by atoms with Crippen LogP contribution >= 0.6 is 11.6 Å². The van der Waals surface area contributed by atoms with Crippen LogP contribution in [0.25, 0.3) is 33.5 Å². The molecule has 0 spiro atoms. The molecule has 1 saturated heterocycles. The average Bonchev–Trinajstić information content (AvgIpc) is 3.28. The van der Waals surface area contributed by atoms with Crippen LogP contribution in [0.5, 0.6) is 5.75 Å². The molecule has 0 aliphatic carbocycles. The van der Waals surface area contributed by atoms with Crippen molar-refractivity contribution in [3.63, 3.8) is 0 Å². The fourth-order valence-electron chi connectivity index (χ4n) is 3.86. The summed E-state index contributed by atoms with van der Waals surface area (Å²) >= 11 is 6.07. The number of nitrogens with one attached hydrogen (secondary N) is 1. The highest BCUT2D eigenvalue weighted by molar-refractivity contribution is 6.30. The van der Waals surface area contributed by atoms with E-state index in [2.05, 4.69) is 10.2 Å². The van der Waals surface area contributed by atoms with Gasteiger partial charge in [0.05, 0.1) is 42.7 Å². The molecule has 1 aliphatic rings. The SMILES string of the molecule is COc1ccc(-c2cc(C(=O)N3CCOCC3)c3c(-c4ccc(Cl)cc4)[nH]nc3n2)cc1. The van der Waals surface area contributed by atoms with Gasteiger partial charge < -0.3 is 14.4 Å². The minimum atomic E-state index is -0.0629. The Balaban J connectivity index is 1.68. The summed E-state index contributed by atoms with van der Waals surface area (Å²) in [5, 5.41) is 8.85. The third-order valence-corrected chi connectivity index (χ3v) is 5.82. The Morgan fingerprint density at radius 2 is 1.75 bits per heavy atom. The van der Waals surface area contributed by atoms with Gasteiger partial charge in [0.2, 0.25) is 0 Å². The number of benzene rings is 2. The molecule has 3 heterocycles. The van der Waals surface area contributed by atoms with Crippen LogP contribution in [0.15, 0.2) is 54.6 Å². The van der Waals surface area contributed by atoms with E-state index in [1.807, 2.05) is 59.5 Å². The van der Waals surface area contributed by atoms with Crippen LogP contribution in [0, 0.1) is 0 Å². The van der Waals surface area contributed by atoms with Crippen LogP contribution in [-0.4, -0.2) is 59.4 Å². The number of rotatable bonds is 4. The molecule has 162 valence electrons. The molecule has 0 atom stereocenters. The predicted octanol–water partition coefficient (Wildman–Crippen LogP) is 4.43. The first-order valence-electron chi connectivity index (χ1n) is 10.3. The molecular formula is C24H21ClN4O3. The topological polar surface area (TPSA) is 80.3 Å². The van der Waals surface area contributed by atoms with E-state index in [9.17, 15) is 4.79 Å². The van der Waals surface area contributed by atoms with Crippen LogP contribution in [0.2, 0.25) is 5.02 Å². The van der Waals surface area contributed by atoms with E-state index in [1.165, 1.54) is 0 Å². The number of hydrogen-bond acceptors (Lipinski definition) is 5. The summed E-state index contributed by atoms with van der Waals surface area (Å²) in [6, 6.07) is 16.8. The summed E-state index contributed by atoms with van der Waals surface area (Å²) in [4.78, 5) is 20.2. The maximum Gasteiger partial charge on any atom is 0.254 e. The summed E-state index contributed by atoms with van der Waals surface area (Å²) in [7, 11) is 1.63. The summed E-state index contributed by atoms with van der Waals surface area (Å²) in [6.45, 7) is 2.16. The van der Waals surface area contributed by atoms with Gasteiger partial charge in [-0.15, -0.1) is 0 Å². The molecule has 1 fully saturated rings. The van der Waals surface area contributed by atoms with Crippen molar-refractivity contribution in [2.45, 2.75) is 0 Å². The standard InChI is InChI=1S/C24H21ClN4O3/c1-31-18-8-4-15(5-9-18)20-14-19(24(30)29-10-12-32-13-11-29)21-22(27-28-23(21)26-20)16-2-6-17(25)7-3-16/h2-9,14H,10-13H2,1H3,(H,26,27,28). The highest BCUT2D eigenvalue weighted by Crippen LogP contribution is 2.33. The maximum absolute atomic E-state index is 13.6. The largest absolute Gasteiger partial charge is 0.497 e. The van der Waals surface area contributed by atoms with Crippen LogP contribution < -0.4 is 4.74 Å². The Morgan fingerprint density at radius 1 is 1.06 bits per heavy atom. The lowest BCUT2D eigenvalue weighted by Crippen LogP contribution is -2.40. The number of carbonyl (C=O) groups excluding carboxylic acids is 1. The molecule has 1 amide bonds. The Bertz CT molecular complexity index is 1260. The number of methoxy groups -OCH3 is 1. The van der Waals surface area contributed by atoms with Crippen molar-refractivity contribution >= 4 is 28.5 Å². The Hall–Kier alpha value is -3.42. The molecule has 1 aliphatic heterocycles. The lowest BCUT2D eigenvalue weighted by atomic mass is 10.0. The van der Waals surface area contributed by atoms with Crippen LogP contribution in [0.4, 0.5) is 0 Å². The molecule has 4 aromatic rings. The number of ether oxygens (including phenoxy) is 2. The first-order chi connectivity index (χ1) is 15.6. The van der Waals surface area contributed by atoms with Crippen LogP contribution in [0.3, 0.4) is 0 Å². The highest BCUT2D eigenvalue weighted by atomic mass is 35.5. The van der Waals surface area contributed by atoms with E-state index in [4.69, 9.17) is 26.1 Å². The zero-order valence-corrected chi connectivity index (χ0v) is 18.2. The second-order valence-electron chi connectivity index (χ2n) is 7.49. The molecule has 32 heavy (non-hydrogen) atoms. The van der Waals surface area contributed by atoms with Crippen LogP contribution in [0.1, 0.15) is 10.4 Å². The summed E-state index contributed by atoms with van der Waals surface area (Å²) in [6.07, 6.45) is 0. The van der Waals surface area contributed by atoms with E-state index in [1.54, 1.807) is 7.11 Å². The molecule has 0 radical (unpaired) electrons. The molecule has 7 nitrogen and oxygen atoms in total. The highest BCUT2D eigenvalue weighted by Gasteiger charge is 2.25. The lowest BCUT2D eigenvalue weighted by Gasteiger charge is -2.27. The van der Waals surface area contributed by atoms with Crippen LogP contribution in [-0.2, 0) is 4.74 Å². The van der Waals surface area contributed by atoms with E-state index >= 15 is 0 Å². The van der Waals surface area contributed by atoms with Gasteiger partial charge in [0.25, 0.3) is 5.91 Å². The van der Waals surface area contributed by atoms with Gasteiger partial charge in [-0.2, -0.15) is 5.10 Å². The number of amides is 1. The molecule has 2 aromatic heterocycles. The minimum Gasteiger partial charge on any atom is -0.497 e. The number of hydrogen-bond donors (Lipinski definition) is 1. The lowest BCUT2D eigenvalue weighted by molar-refractivity contribution is 0.0304. The second kappa shape index (κ2) is 8.61. The third kappa shape index (κ3) is 3.81. The summed E-state index contributed by atoms with van der Waals surface area (Å²) in [5.74, 6) is 0.691. The van der Waals surface area contributed by atoms with Crippen molar-refractivity contribution in [1.29, 1.82) is 0 Å². The molecule has 1 N–H and O–H groups in total. The average molecular weight is 449 g/mol. The summed E-state index contributed by atoms with van der Waals surface area (Å²) in [5.41, 5.74) is 4.21. The number of aromatic amines is 1. The zero-order chi connectivity index (χ0) is 22.1. The van der Waals surface area contributed by atoms with Gasteiger partial charge >= 0.3 is 0 Å². The normalized spacial score (nSPS) is 14.0. The molecule has 0 bridgehead atoms. The van der Waals surface area contributed by atoms with Crippen molar-refractivity contribution in [1.82, 2.24) is 20.1 Å². The molecular weight excluding hydrogens is 428 g/mol. The number of H-pyrrole nitrogens is 1. The zero-order valence-electron chi connectivity index (χ0n) is 17.5. The number of halogens is 1. The molecule has 8 heteroatoms. The van der Waals surface area contributed by atoms with Gasteiger partial charge in [-0.05, 0) is 42.5 Å². The van der Waals surface area contributed by atoms with Gasteiger partial charge in [0, 0.05) is 29.2 Å². The molecule has 0 saturated carbocycles. The maximum atomic E-state index is 13.6. The Morgan fingerprint density at radius 3 is 2.44 bits per heavy atom. The molecule has 5 rings (SSSR count). The van der Waals surface area contributed by atoms with Gasteiger partial charge in [0.1, 0.15) is 5.75 Å². The predicted molar refractivity (Wildman–Crippen MR) is 123 cm³/mol. The molecule has 0 unspecified atom stereocenters. The minimum absolute atomic E-state index is 0.0629. The van der Waals surface area contributed by atoms with E-state index in [0.29, 0.717) is 53.6 Å². The third-order valence-electron chi connectivity index (χ3n) is 5.57. The van der Waals surface area contributed by atoms with E-state index in [0.717, 1.165) is 22.6 Å². The number of nitrogens with zero attached hydrogens (tertiary/aromatic N) is 3. The van der Waals surface area contributed by atoms with Crippen molar-refractivity contribution < 1.29 is 14.3 Å². The summed E-state index contributed by atoms with van der Waals surface area (Å²) < 4.78 is 10.7. The van der Waals surface area contributed by atoms with Crippen molar-refractivity contribution in [3.05, 3.63) is 65.2 Å². The number of aromatic nitrogens is 3. The second-order valence-corrected chi connectivity index (χ2v) is 7.93. The van der Waals surface area contributed by atoms with Gasteiger partial charge in [-0.1, -0.05) is 23.7 Å².